The van der Waals surface area contributed by atoms with Crippen LogP contribution in [0, 0.1) is 11.8 Å². The molecule has 2 bridgehead atoms. The Hall–Kier alpha value is -2.16. The topological polar surface area (TPSA) is 32.7 Å². The standard InChI is InChI=1S/C20H20N2O/c23-12-22-11-13-4-3-7-16(8-13)19-17-9-14-5-1-2-6-15(14)10-18(17)21-20(19)22/h1-2,5-6,9-10,12-13,16,19H,3-4,7-8,11H2. The van der Waals surface area contributed by atoms with Gasteiger partial charge in [-0.3, -0.25) is 4.79 Å². The molecule has 1 amide bonds. The molecule has 23 heavy (non-hydrogen) atoms. The molecule has 0 spiro atoms. The average Bonchev–Trinajstić information content (AvgIpc) is 2.91. The maximum absolute atomic E-state index is 11.7. The van der Waals surface area contributed by atoms with Gasteiger partial charge in [-0.05, 0) is 59.6 Å². The summed E-state index contributed by atoms with van der Waals surface area (Å²) >= 11 is 0. The Kier molecular flexibility index (Phi) is 2.84. The monoisotopic (exact) mass is 304 g/mol. The van der Waals surface area contributed by atoms with Crippen molar-refractivity contribution in [1.29, 1.82) is 0 Å². The molecule has 0 radical (unpaired) electrons. The third kappa shape index (κ3) is 1.95. The van der Waals surface area contributed by atoms with Crippen molar-refractivity contribution >= 4 is 28.7 Å². The zero-order valence-electron chi connectivity index (χ0n) is 13.1. The van der Waals surface area contributed by atoms with Gasteiger partial charge in [0, 0.05) is 12.5 Å². The lowest BCUT2D eigenvalue weighted by atomic mass is 9.74. The average molecular weight is 304 g/mol. The van der Waals surface area contributed by atoms with E-state index in [0.717, 1.165) is 24.5 Å². The van der Waals surface area contributed by atoms with Gasteiger partial charge in [-0.1, -0.05) is 30.7 Å². The first kappa shape index (κ1) is 13.3. The predicted octanol–water partition coefficient (Wildman–Crippen LogP) is 4.25. The second-order valence-corrected chi connectivity index (χ2v) is 7.26. The maximum Gasteiger partial charge on any atom is 0.215 e. The van der Waals surface area contributed by atoms with Crippen LogP contribution < -0.4 is 0 Å². The van der Waals surface area contributed by atoms with E-state index in [4.69, 9.17) is 4.99 Å². The van der Waals surface area contributed by atoms with Gasteiger partial charge < -0.3 is 4.90 Å². The molecule has 3 atom stereocenters. The lowest BCUT2D eigenvalue weighted by Crippen LogP contribution is -2.33. The molecule has 2 aromatic carbocycles. The van der Waals surface area contributed by atoms with Crippen LogP contribution in [0.3, 0.4) is 0 Å². The van der Waals surface area contributed by atoms with Gasteiger partial charge in [0.25, 0.3) is 0 Å². The second-order valence-electron chi connectivity index (χ2n) is 7.26. The molecular formula is C20H20N2O. The molecule has 0 aromatic heterocycles. The summed E-state index contributed by atoms with van der Waals surface area (Å²) in [6.07, 6.45) is 6.04. The van der Waals surface area contributed by atoms with E-state index in [1.807, 2.05) is 4.90 Å². The van der Waals surface area contributed by atoms with E-state index < -0.39 is 0 Å². The minimum atomic E-state index is 0.310. The van der Waals surface area contributed by atoms with Crippen LogP contribution >= 0.6 is 0 Å². The van der Waals surface area contributed by atoms with E-state index in [1.54, 1.807) is 0 Å². The van der Waals surface area contributed by atoms with E-state index in [9.17, 15) is 4.79 Å². The fraction of sp³-hybridized carbons (Fsp3) is 0.400. The summed E-state index contributed by atoms with van der Waals surface area (Å²) in [6, 6.07) is 13.0. The Morgan fingerprint density at radius 3 is 2.78 bits per heavy atom. The van der Waals surface area contributed by atoms with E-state index in [2.05, 4.69) is 36.4 Å². The first-order chi connectivity index (χ1) is 11.3. The Morgan fingerprint density at radius 1 is 1.13 bits per heavy atom. The Bertz CT molecular complexity index is 826. The summed E-state index contributed by atoms with van der Waals surface area (Å²) in [6.45, 7) is 0.850. The van der Waals surface area contributed by atoms with Crippen LogP contribution in [-0.4, -0.2) is 23.7 Å². The molecule has 1 aliphatic carbocycles. The number of benzene rings is 2. The quantitative estimate of drug-likeness (QED) is 0.725. The third-order valence-electron chi connectivity index (χ3n) is 5.91. The van der Waals surface area contributed by atoms with Gasteiger partial charge in [0.2, 0.25) is 6.41 Å². The molecule has 2 aromatic rings. The van der Waals surface area contributed by atoms with Gasteiger partial charge in [-0.25, -0.2) is 4.99 Å². The summed E-state index contributed by atoms with van der Waals surface area (Å²) < 4.78 is 0. The van der Waals surface area contributed by atoms with Crippen molar-refractivity contribution in [3.05, 3.63) is 42.0 Å². The molecule has 3 unspecified atom stereocenters. The number of hydrogen-bond donors (Lipinski definition) is 0. The Labute approximate surface area is 136 Å². The van der Waals surface area contributed by atoms with Gasteiger partial charge in [-0.2, -0.15) is 0 Å². The number of fused-ring (bicyclic) bond motifs is 7. The van der Waals surface area contributed by atoms with Crippen LogP contribution in [0.2, 0.25) is 0 Å². The van der Waals surface area contributed by atoms with Crippen molar-refractivity contribution in [1.82, 2.24) is 4.90 Å². The first-order valence-corrected chi connectivity index (χ1v) is 8.66. The van der Waals surface area contributed by atoms with Crippen molar-refractivity contribution in [3.63, 3.8) is 0 Å². The molecule has 2 fully saturated rings. The SMILES string of the molecule is O=CN1CC2CCCC(C2)C2C1=Nc1cc3ccccc3cc12. The van der Waals surface area contributed by atoms with Crippen LogP contribution in [0.1, 0.15) is 37.2 Å². The molecule has 1 saturated carbocycles. The number of carbonyl (C=O) groups excluding carboxylic acids is 1. The van der Waals surface area contributed by atoms with Gasteiger partial charge >= 0.3 is 0 Å². The highest BCUT2D eigenvalue weighted by Gasteiger charge is 2.42. The lowest BCUT2D eigenvalue weighted by Gasteiger charge is -2.29. The second kappa shape index (κ2) is 4.92. The molecule has 3 heteroatoms. The van der Waals surface area contributed by atoms with Gasteiger partial charge in [0.1, 0.15) is 5.84 Å². The number of rotatable bonds is 1. The van der Waals surface area contributed by atoms with Crippen LogP contribution in [0.4, 0.5) is 5.69 Å². The van der Waals surface area contributed by atoms with Crippen molar-refractivity contribution in [2.75, 3.05) is 6.54 Å². The van der Waals surface area contributed by atoms with E-state index in [0.29, 0.717) is 17.8 Å². The molecule has 1 saturated heterocycles. The largest absolute Gasteiger partial charge is 0.302 e. The van der Waals surface area contributed by atoms with Crippen molar-refractivity contribution < 1.29 is 4.79 Å². The summed E-state index contributed by atoms with van der Waals surface area (Å²) in [5.74, 6) is 2.60. The highest BCUT2D eigenvalue weighted by Crippen LogP contribution is 2.49. The van der Waals surface area contributed by atoms with Crippen molar-refractivity contribution in [2.45, 2.75) is 31.6 Å². The molecule has 116 valence electrons. The zero-order valence-corrected chi connectivity index (χ0v) is 13.1. The predicted molar refractivity (Wildman–Crippen MR) is 92.0 cm³/mol. The maximum atomic E-state index is 11.7. The van der Waals surface area contributed by atoms with Gasteiger partial charge in [0.05, 0.1) is 5.69 Å². The summed E-state index contributed by atoms with van der Waals surface area (Å²) in [5, 5.41) is 2.50. The Balaban J connectivity index is 1.70. The fourth-order valence-corrected chi connectivity index (χ4v) is 4.90. The zero-order chi connectivity index (χ0) is 15.4. The number of amidine groups is 1. The summed E-state index contributed by atoms with van der Waals surface area (Å²) in [4.78, 5) is 18.5. The van der Waals surface area contributed by atoms with Gasteiger partial charge in [0.15, 0.2) is 0 Å². The van der Waals surface area contributed by atoms with Crippen LogP contribution in [0.15, 0.2) is 41.4 Å². The molecule has 0 N–H and O–H groups in total. The lowest BCUT2D eigenvalue weighted by molar-refractivity contribution is -0.115. The van der Waals surface area contributed by atoms with Crippen LogP contribution in [-0.2, 0) is 4.79 Å². The number of likely N-dealkylation sites (tertiary alicyclic amines) is 1. The van der Waals surface area contributed by atoms with E-state index in [-0.39, 0.29) is 0 Å². The number of nitrogens with zero attached hydrogens (tertiary/aromatic N) is 2. The molecule has 2 aliphatic heterocycles. The normalized spacial score (nSPS) is 28.8. The van der Waals surface area contributed by atoms with Gasteiger partial charge in [-0.15, -0.1) is 0 Å². The van der Waals surface area contributed by atoms with E-state index >= 15 is 0 Å². The number of amides is 1. The summed E-state index contributed by atoms with van der Waals surface area (Å²) in [5.41, 5.74) is 2.40. The summed E-state index contributed by atoms with van der Waals surface area (Å²) in [7, 11) is 0. The highest BCUT2D eigenvalue weighted by molar-refractivity contribution is 6.04. The van der Waals surface area contributed by atoms with Crippen LogP contribution in [0.5, 0.6) is 0 Å². The third-order valence-corrected chi connectivity index (χ3v) is 5.91. The Morgan fingerprint density at radius 2 is 1.96 bits per heavy atom. The van der Waals surface area contributed by atoms with Crippen molar-refractivity contribution in [2.24, 2.45) is 16.8 Å². The molecular weight excluding hydrogens is 284 g/mol. The fourth-order valence-electron chi connectivity index (χ4n) is 4.90. The highest BCUT2D eigenvalue weighted by atomic mass is 16.1. The number of carbonyl (C=O) groups is 1. The first-order valence-electron chi connectivity index (χ1n) is 8.66. The smallest absolute Gasteiger partial charge is 0.215 e. The van der Waals surface area contributed by atoms with Crippen molar-refractivity contribution in [3.8, 4) is 0 Å². The van der Waals surface area contributed by atoms with Crippen LogP contribution in [0.25, 0.3) is 10.8 Å². The minimum Gasteiger partial charge on any atom is -0.302 e. The molecule has 3 aliphatic rings. The molecule has 5 rings (SSSR count). The minimum absolute atomic E-state index is 0.310. The number of aliphatic imine (C=N–C) groups is 1. The number of hydrogen-bond acceptors (Lipinski definition) is 2. The van der Waals surface area contributed by atoms with E-state index in [1.165, 1.54) is 42.0 Å². The molecule has 2 heterocycles. The molecule has 3 nitrogen and oxygen atoms in total.